The summed E-state index contributed by atoms with van der Waals surface area (Å²) in [6.45, 7) is 1.95. The third-order valence-corrected chi connectivity index (χ3v) is 8.15. The first-order valence-corrected chi connectivity index (χ1v) is 15.8. The van der Waals surface area contributed by atoms with E-state index in [0.29, 0.717) is 13.0 Å². The Kier molecular flexibility index (Phi) is 11.7. The molecule has 1 saturated heterocycles. The third-order valence-electron chi connectivity index (χ3n) is 8.15. The Morgan fingerprint density at radius 2 is 1.52 bits per heavy atom. The summed E-state index contributed by atoms with van der Waals surface area (Å²) in [7, 11) is 2.11. The van der Waals surface area contributed by atoms with E-state index in [-0.39, 0.29) is 37.6 Å². The van der Waals surface area contributed by atoms with Crippen molar-refractivity contribution in [3.05, 3.63) is 131 Å². The van der Waals surface area contributed by atoms with Crippen LogP contribution < -0.4 is 5.32 Å². The summed E-state index contributed by atoms with van der Waals surface area (Å²) >= 11 is 0. The number of aliphatic hydroxyl groups is 1. The van der Waals surface area contributed by atoms with Crippen molar-refractivity contribution >= 4 is 11.9 Å². The lowest BCUT2D eigenvalue weighted by molar-refractivity contribution is -0.252. The molecule has 0 spiro atoms. The van der Waals surface area contributed by atoms with Gasteiger partial charge in [-0.1, -0.05) is 97.1 Å². The molecule has 1 aliphatic heterocycles. The molecular formula is C38H42N2O6. The Morgan fingerprint density at radius 1 is 0.804 bits per heavy atom. The summed E-state index contributed by atoms with van der Waals surface area (Å²) in [5, 5.41) is 21.2. The normalized spacial score (nSPS) is 17.9. The summed E-state index contributed by atoms with van der Waals surface area (Å²) in [4.78, 5) is 25.1. The van der Waals surface area contributed by atoms with Gasteiger partial charge in [-0.15, -0.1) is 0 Å². The maximum Gasteiger partial charge on any atom is 0.303 e. The van der Waals surface area contributed by atoms with Gasteiger partial charge in [-0.25, -0.2) is 0 Å². The molecule has 1 aliphatic rings. The van der Waals surface area contributed by atoms with Crippen molar-refractivity contribution < 1.29 is 29.3 Å². The second-order valence-electron chi connectivity index (χ2n) is 11.9. The van der Waals surface area contributed by atoms with Crippen LogP contribution in [0.1, 0.15) is 65.9 Å². The molecule has 8 nitrogen and oxygen atoms in total. The second kappa shape index (κ2) is 16.3. The summed E-state index contributed by atoms with van der Waals surface area (Å²) in [5.74, 6) is -1.05. The van der Waals surface area contributed by atoms with Gasteiger partial charge in [0.05, 0.1) is 18.8 Å². The molecule has 4 aromatic carbocycles. The minimum Gasteiger partial charge on any atom is -0.481 e. The smallest absolute Gasteiger partial charge is 0.303 e. The van der Waals surface area contributed by atoms with Gasteiger partial charge in [0.2, 0.25) is 5.91 Å². The average molecular weight is 623 g/mol. The van der Waals surface area contributed by atoms with Gasteiger partial charge >= 0.3 is 5.97 Å². The minimum atomic E-state index is -0.896. The summed E-state index contributed by atoms with van der Waals surface area (Å²) in [6.07, 6.45) is 0.475. The van der Waals surface area contributed by atoms with Crippen LogP contribution in [0.3, 0.4) is 0 Å². The number of nitrogens with zero attached hydrogens (tertiary/aromatic N) is 1. The fourth-order valence-corrected chi connectivity index (χ4v) is 5.72. The zero-order valence-corrected chi connectivity index (χ0v) is 26.2. The highest BCUT2D eigenvalue weighted by Crippen LogP contribution is 2.38. The topological polar surface area (TPSA) is 108 Å². The van der Waals surface area contributed by atoms with Gasteiger partial charge in [0, 0.05) is 44.5 Å². The maximum atomic E-state index is 12.1. The number of carbonyl (C=O) groups is 2. The maximum absolute atomic E-state index is 12.1. The average Bonchev–Trinajstić information content (AvgIpc) is 3.07. The molecule has 0 radical (unpaired) electrons. The van der Waals surface area contributed by atoms with E-state index in [2.05, 4.69) is 53.7 Å². The summed E-state index contributed by atoms with van der Waals surface area (Å²) in [6, 6.07) is 34.5. The van der Waals surface area contributed by atoms with Crippen LogP contribution in [0.25, 0.3) is 11.1 Å². The molecule has 0 bridgehead atoms. The number of aliphatic hydroxyl groups excluding tert-OH is 1. The molecule has 0 aliphatic carbocycles. The fraction of sp³-hybridized carbons (Fsp3) is 0.316. The number of hydrogen-bond donors (Lipinski definition) is 3. The van der Waals surface area contributed by atoms with Crippen molar-refractivity contribution in [2.45, 2.75) is 63.9 Å². The quantitative estimate of drug-likeness (QED) is 0.150. The Balaban J connectivity index is 1.26. The molecule has 0 aromatic heterocycles. The van der Waals surface area contributed by atoms with Gasteiger partial charge < -0.3 is 25.0 Å². The predicted molar refractivity (Wildman–Crippen MR) is 176 cm³/mol. The minimum absolute atomic E-state index is 0.00291. The van der Waals surface area contributed by atoms with Gasteiger partial charge in [0.1, 0.15) is 0 Å². The van der Waals surface area contributed by atoms with Crippen LogP contribution >= 0.6 is 0 Å². The van der Waals surface area contributed by atoms with E-state index in [0.717, 1.165) is 52.9 Å². The van der Waals surface area contributed by atoms with Crippen molar-refractivity contribution in [3.8, 4) is 11.1 Å². The fourth-order valence-electron chi connectivity index (χ4n) is 5.72. The second-order valence-corrected chi connectivity index (χ2v) is 11.9. The first-order valence-electron chi connectivity index (χ1n) is 15.8. The molecule has 3 N–H and O–H groups in total. The highest BCUT2D eigenvalue weighted by molar-refractivity contribution is 5.76. The molecule has 4 aromatic rings. The number of carboxylic acid groups (broad SMARTS) is 1. The highest BCUT2D eigenvalue weighted by Gasteiger charge is 2.32. The van der Waals surface area contributed by atoms with Crippen molar-refractivity contribution in [2.75, 3.05) is 13.6 Å². The number of nitrogens with one attached hydrogen (secondary N) is 1. The lowest BCUT2D eigenvalue weighted by Gasteiger charge is -2.38. The van der Waals surface area contributed by atoms with Gasteiger partial charge in [0.25, 0.3) is 0 Å². The molecule has 240 valence electrons. The van der Waals surface area contributed by atoms with Crippen molar-refractivity contribution in [1.29, 1.82) is 0 Å². The number of amides is 1. The van der Waals surface area contributed by atoms with Crippen LogP contribution in [-0.4, -0.2) is 46.7 Å². The van der Waals surface area contributed by atoms with Gasteiger partial charge in [0.15, 0.2) is 6.29 Å². The van der Waals surface area contributed by atoms with Crippen LogP contribution in [0.4, 0.5) is 0 Å². The van der Waals surface area contributed by atoms with E-state index in [1.54, 1.807) is 0 Å². The Morgan fingerprint density at radius 3 is 2.24 bits per heavy atom. The molecule has 0 unspecified atom stereocenters. The van der Waals surface area contributed by atoms with E-state index in [9.17, 15) is 14.7 Å². The Hall–Kier alpha value is -4.34. The number of hydrogen-bond acceptors (Lipinski definition) is 6. The van der Waals surface area contributed by atoms with Gasteiger partial charge in [-0.05, 0) is 52.9 Å². The molecule has 1 amide bonds. The lowest BCUT2D eigenvalue weighted by Crippen LogP contribution is -2.37. The van der Waals surface area contributed by atoms with E-state index < -0.39 is 12.3 Å². The number of rotatable bonds is 14. The van der Waals surface area contributed by atoms with E-state index in [4.69, 9.17) is 14.6 Å². The molecule has 8 heteroatoms. The summed E-state index contributed by atoms with van der Waals surface area (Å²) in [5.41, 5.74) is 7.13. The standard InChI is InChI=1S/C38H42N2O6/c1-40(24-27-7-3-2-4-8-27)25-34-22-35(31-15-13-28(26-41)14-16-31)46-38(45-34)32-19-17-30(18-20-32)33-10-5-9-29(21-33)23-39-36(42)11-6-12-37(43)44/h2-5,7-10,13-21,34-35,38,41H,6,11-12,22-26H2,1H3,(H,39,42)(H,43,44)/t34-,35+,38+/m1/s1. The van der Waals surface area contributed by atoms with Gasteiger partial charge in [-0.3, -0.25) is 14.5 Å². The number of ether oxygens (including phenoxy) is 2. The zero-order valence-electron chi connectivity index (χ0n) is 26.2. The van der Waals surface area contributed by atoms with Crippen molar-refractivity contribution in [1.82, 2.24) is 10.2 Å². The molecule has 0 saturated carbocycles. The van der Waals surface area contributed by atoms with E-state index in [1.165, 1.54) is 5.56 Å². The van der Waals surface area contributed by atoms with Crippen LogP contribution in [0.5, 0.6) is 0 Å². The van der Waals surface area contributed by atoms with E-state index in [1.807, 2.05) is 66.7 Å². The molecule has 5 rings (SSSR count). The van der Waals surface area contributed by atoms with Crippen LogP contribution in [0, 0.1) is 0 Å². The Bertz CT molecular complexity index is 1560. The molecule has 46 heavy (non-hydrogen) atoms. The van der Waals surface area contributed by atoms with E-state index >= 15 is 0 Å². The largest absolute Gasteiger partial charge is 0.481 e. The van der Waals surface area contributed by atoms with Crippen LogP contribution in [0.15, 0.2) is 103 Å². The molecule has 1 heterocycles. The number of carboxylic acids is 1. The zero-order chi connectivity index (χ0) is 32.3. The SMILES string of the molecule is CN(Cc1ccccc1)C[C@H]1C[C@@H](c2ccc(CO)cc2)O[C@@H](c2ccc(-c3cccc(CNC(=O)CCCC(=O)O)c3)cc2)O1. The first-order chi connectivity index (χ1) is 22.4. The monoisotopic (exact) mass is 622 g/mol. The molecule has 1 fully saturated rings. The van der Waals surface area contributed by atoms with Crippen LogP contribution in [-0.2, 0) is 38.8 Å². The van der Waals surface area contributed by atoms with Crippen LogP contribution in [0.2, 0.25) is 0 Å². The Labute approximate surface area is 270 Å². The highest BCUT2D eigenvalue weighted by atomic mass is 16.7. The van der Waals surface area contributed by atoms with Crippen molar-refractivity contribution in [2.24, 2.45) is 0 Å². The first kappa shape index (κ1) is 33.0. The molecular weight excluding hydrogens is 580 g/mol. The van der Waals surface area contributed by atoms with Crippen molar-refractivity contribution in [3.63, 3.8) is 0 Å². The summed E-state index contributed by atoms with van der Waals surface area (Å²) < 4.78 is 13.1. The lowest BCUT2D eigenvalue weighted by atomic mass is 9.99. The number of carbonyl (C=O) groups excluding carboxylic acids is 1. The number of likely N-dealkylation sites (N-methyl/N-ethyl adjacent to an activating group) is 1. The number of aliphatic carboxylic acids is 1. The third kappa shape index (κ3) is 9.58. The predicted octanol–water partition coefficient (Wildman–Crippen LogP) is 6.39. The molecule has 3 atom stereocenters. The number of benzene rings is 4. The van der Waals surface area contributed by atoms with Gasteiger partial charge in [-0.2, -0.15) is 0 Å².